The Kier molecular flexibility index (Phi) is 5.85. The molecule has 9 heteroatoms. The number of urea groups is 1. The summed E-state index contributed by atoms with van der Waals surface area (Å²) in [7, 11) is 0. The van der Waals surface area contributed by atoms with Gasteiger partial charge in [0, 0.05) is 6.54 Å². The van der Waals surface area contributed by atoms with E-state index in [1.54, 1.807) is 13.8 Å². The molecular formula is C17H17F3IN3O2. The van der Waals surface area contributed by atoms with Gasteiger partial charge in [0.2, 0.25) is 0 Å². The SMILES string of the molecule is CC1(C)C(=O)N(c2ccc(C#N)c(C(F)(F)F)c2)C(=O)N1CCCCI. The zero-order chi connectivity index (χ0) is 19.7. The van der Waals surface area contributed by atoms with E-state index in [1.165, 1.54) is 17.0 Å². The second-order valence-electron chi connectivity index (χ2n) is 6.37. The van der Waals surface area contributed by atoms with Crippen molar-refractivity contribution in [3.8, 4) is 6.07 Å². The number of carbonyl (C=O) groups is 2. The maximum atomic E-state index is 13.2. The minimum absolute atomic E-state index is 0.184. The molecule has 0 N–H and O–H groups in total. The van der Waals surface area contributed by atoms with Gasteiger partial charge < -0.3 is 4.90 Å². The van der Waals surface area contributed by atoms with Gasteiger partial charge in [0.1, 0.15) is 5.54 Å². The van der Waals surface area contributed by atoms with Gasteiger partial charge >= 0.3 is 12.2 Å². The molecule has 0 saturated carbocycles. The average Bonchev–Trinajstić information content (AvgIpc) is 2.73. The summed E-state index contributed by atoms with van der Waals surface area (Å²) in [6, 6.07) is 3.68. The number of amides is 3. The van der Waals surface area contributed by atoms with E-state index in [4.69, 9.17) is 5.26 Å². The number of carbonyl (C=O) groups excluding carboxylic acids is 2. The predicted octanol–water partition coefficient (Wildman–Crippen LogP) is 4.34. The van der Waals surface area contributed by atoms with Gasteiger partial charge in [-0.3, -0.25) is 4.79 Å². The highest BCUT2D eigenvalue weighted by molar-refractivity contribution is 14.1. The summed E-state index contributed by atoms with van der Waals surface area (Å²) in [5.74, 6) is -0.588. The van der Waals surface area contributed by atoms with Crippen molar-refractivity contribution in [1.29, 1.82) is 5.26 Å². The second-order valence-corrected chi connectivity index (χ2v) is 7.45. The number of nitrogens with zero attached hydrogens (tertiary/aromatic N) is 3. The van der Waals surface area contributed by atoms with Crippen LogP contribution in [0.3, 0.4) is 0 Å². The molecule has 0 radical (unpaired) electrons. The Bertz CT molecular complexity index is 771. The molecular weight excluding hydrogens is 462 g/mol. The number of benzene rings is 1. The lowest BCUT2D eigenvalue weighted by molar-refractivity contribution is -0.137. The van der Waals surface area contributed by atoms with Crippen LogP contribution in [0.4, 0.5) is 23.7 Å². The Hall–Kier alpha value is -1.83. The van der Waals surface area contributed by atoms with Crippen molar-refractivity contribution in [2.24, 2.45) is 0 Å². The van der Waals surface area contributed by atoms with Crippen LogP contribution < -0.4 is 4.90 Å². The molecule has 1 aliphatic heterocycles. The van der Waals surface area contributed by atoms with Crippen molar-refractivity contribution in [3.63, 3.8) is 0 Å². The van der Waals surface area contributed by atoms with Gasteiger partial charge in [0.25, 0.3) is 5.91 Å². The molecule has 0 aromatic heterocycles. The molecule has 140 valence electrons. The smallest absolute Gasteiger partial charge is 0.310 e. The first-order valence-electron chi connectivity index (χ1n) is 7.89. The molecule has 1 fully saturated rings. The van der Waals surface area contributed by atoms with Gasteiger partial charge in [-0.25, -0.2) is 9.69 Å². The van der Waals surface area contributed by atoms with Crippen molar-refractivity contribution in [1.82, 2.24) is 4.90 Å². The van der Waals surface area contributed by atoms with Crippen LogP contribution in [-0.4, -0.2) is 33.3 Å². The molecule has 5 nitrogen and oxygen atoms in total. The quantitative estimate of drug-likeness (QED) is 0.273. The van der Waals surface area contributed by atoms with Crippen LogP contribution in [0.2, 0.25) is 0 Å². The maximum absolute atomic E-state index is 13.2. The predicted molar refractivity (Wildman–Crippen MR) is 97.9 cm³/mol. The van der Waals surface area contributed by atoms with Crippen molar-refractivity contribution in [2.45, 2.75) is 38.4 Å². The fourth-order valence-corrected chi connectivity index (χ4v) is 3.35. The van der Waals surface area contributed by atoms with Gasteiger partial charge in [0.05, 0.1) is 22.9 Å². The summed E-state index contributed by atoms with van der Waals surface area (Å²) in [5, 5.41) is 8.88. The van der Waals surface area contributed by atoms with E-state index >= 15 is 0 Å². The maximum Gasteiger partial charge on any atom is 0.417 e. The number of hydrogen-bond donors (Lipinski definition) is 0. The molecule has 0 aliphatic carbocycles. The van der Waals surface area contributed by atoms with Crippen LogP contribution >= 0.6 is 22.6 Å². The van der Waals surface area contributed by atoms with Crippen molar-refractivity contribution in [2.75, 3.05) is 15.9 Å². The minimum atomic E-state index is -4.76. The van der Waals surface area contributed by atoms with Crippen LogP contribution in [0.15, 0.2) is 18.2 Å². The normalized spacial score (nSPS) is 17.0. The van der Waals surface area contributed by atoms with Gasteiger partial charge in [-0.15, -0.1) is 0 Å². The van der Waals surface area contributed by atoms with E-state index in [0.717, 1.165) is 21.8 Å². The highest BCUT2D eigenvalue weighted by Gasteiger charge is 2.51. The highest BCUT2D eigenvalue weighted by Crippen LogP contribution is 2.37. The second kappa shape index (κ2) is 7.42. The zero-order valence-corrected chi connectivity index (χ0v) is 16.4. The van der Waals surface area contributed by atoms with E-state index < -0.39 is 34.8 Å². The third kappa shape index (κ3) is 3.65. The van der Waals surface area contributed by atoms with Crippen molar-refractivity contribution < 1.29 is 22.8 Å². The number of rotatable bonds is 5. The van der Waals surface area contributed by atoms with Crippen LogP contribution in [0.1, 0.15) is 37.8 Å². The topological polar surface area (TPSA) is 64.4 Å². The third-order valence-electron chi connectivity index (χ3n) is 4.28. The molecule has 2 rings (SSSR count). The molecule has 3 amide bonds. The largest absolute Gasteiger partial charge is 0.417 e. The Balaban J connectivity index is 2.44. The summed E-state index contributed by atoms with van der Waals surface area (Å²) in [6.07, 6.45) is -3.20. The van der Waals surface area contributed by atoms with Crippen LogP contribution in [-0.2, 0) is 11.0 Å². The molecule has 1 aromatic carbocycles. The first-order chi connectivity index (χ1) is 12.1. The number of anilines is 1. The van der Waals surface area contributed by atoms with E-state index in [0.29, 0.717) is 19.0 Å². The van der Waals surface area contributed by atoms with Crippen LogP contribution in [0.5, 0.6) is 0 Å². The van der Waals surface area contributed by atoms with E-state index in [9.17, 15) is 22.8 Å². The van der Waals surface area contributed by atoms with Crippen molar-refractivity contribution >= 4 is 40.2 Å². The first kappa shape index (κ1) is 20.5. The molecule has 1 aromatic rings. The van der Waals surface area contributed by atoms with E-state index in [2.05, 4.69) is 22.6 Å². The van der Waals surface area contributed by atoms with Gasteiger partial charge in [-0.05, 0) is 49.3 Å². The van der Waals surface area contributed by atoms with Gasteiger partial charge in [-0.1, -0.05) is 22.6 Å². The summed E-state index contributed by atoms with van der Waals surface area (Å²) in [6.45, 7) is 3.50. The molecule has 1 aliphatic rings. The van der Waals surface area contributed by atoms with Crippen LogP contribution in [0, 0.1) is 11.3 Å². The number of hydrogen-bond acceptors (Lipinski definition) is 3. The van der Waals surface area contributed by atoms with Crippen LogP contribution in [0.25, 0.3) is 0 Å². The van der Waals surface area contributed by atoms with Gasteiger partial charge in [0.15, 0.2) is 0 Å². The number of nitriles is 1. The molecule has 1 saturated heterocycles. The molecule has 0 unspecified atom stereocenters. The summed E-state index contributed by atoms with van der Waals surface area (Å²) >= 11 is 2.21. The average molecular weight is 479 g/mol. The lowest BCUT2D eigenvalue weighted by atomic mass is 10.0. The number of alkyl halides is 4. The Morgan fingerprint density at radius 3 is 2.42 bits per heavy atom. The third-order valence-corrected chi connectivity index (χ3v) is 5.04. The Morgan fingerprint density at radius 1 is 1.23 bits per heavy atom. The Morgan fingerprint density at radius 2 is 1.88 bits per heavy atom. The monoisotopic (exact) mass is 479 g/mol. The van der Waals surface area contributed by atoms with E-state index in [-0.39, 0.29) is 5.69 Å². The number of imide groups is 1. The number of halogens is 4. The fourth-order valence-electron chi connectivity index (χ4n) is 2.81. The number of unbranched alkanes of at least 4 members (excludes halogenated alkanes) is 1. The standard InChI is InChI=1S/C17H17F3IN3O2/c1-16(2)14(25)24(15(26)23(16)8-4-3-7-21)12-6-5-11(10-22)13(9-12)17(18,19)20/h5-6,9H,3-4,7-8H2,1-2H3. The fraction of sp³-hybridized carbons (Fsp3) is 0.471. The molecule has 26 heavy (non-hydrogen) atoms. The summed E-state index contributed by atoms with van der Waals surface area (Å²) in [4.78, 5) is 27.6. The minimum Gasteiger partial charge on any atom is -0.310 e. The van der Waals surface area contributed by atoms with Crippen molar-refractivity contribution in [3.05, 3.63) is 29.3 Å². The summed E-state index contributed by atoms with van der Waals surface area (Å²) in [5.41, 5.74) is -3.05. The molecule has 1 heterocycles. The highest BCUT2D eigenvalue weighted by atomic mass is 127. The zero-order valence-electron chi connectivity index (χ0n) is 14.2. The molecule has 0 bridgehead atoms. The lowest BCUT2D eigenvalue weighted by Crippen LogP contribution is -2.44. The first-order valence-corrected chi connectivity index (χ1v) is 9.41. The lowest BCUT2D eigenvalue weighted by Gasteiger charge is -2.27. The van der Waals surface area contributed by atoms with E-state index in [1.807, 2.05) is 0 Å². The Labute approximate surface area is 162 Å². The van der Waals surface area contributed by atoms with Gasteiger partial charge in [-0.2, -0.15) is 18.4 Å². The molecule has 0 atom stereocenters. The summed E-state index contributed by atoms with van der Waals surface area (Å²) < 4.78 is 40.4. The molecule has 0 spiro atoms.